The van der Waals surface area contributed by atoms with Crippen LogP contribution in [0.3, 0.4) is 0 Å². The van der Waals surface area contributed by atoms with Gasteiger partial charge >= 0.3 is 0 Å². The molecule has 0 bridgehead atoms. The highest BCUT2D eigenvalue weighted by Crippen LogP contribution is 2.37. The predicted molar refractivity (Wildman–Crippen MR) is 63.7 cm³/mol. The molecule has 4 heteroatoms. The maximum Gasteiger partial charge on any atom is 0.226 e. The Kier molecular flexibility index (Phi) is 3.27. The molecule has 0 saturated heterocycles. The number of ether oxygens (including phenoxy) is 1. The second-order valence-electron chi connectivity index (χ2n) is 4.46. The Balaban J connectivity index is 1.96. The van der Waals surface area contributed by atoms with E-state index in [9.17, 15) is 0 Å². The minimum absolute atomic E-state index is 0.634. The largest absolute Gasteiger partial charge is 0.478 e. The number of rotatable bonds is 5. The molecule has 1 aliphatic carbocycles. The average molecular weight is 221 g/mol. The third-order valence-corrected chi connectivity index (χ3v) is 2.92. The van der Waals surface area contributed by atoms with E-state index in [0.717, 1.165) is 24.1 Å². The zero-order chi connectivity index (χ0) is 11.5. The van der Waals surface area contributed by atoms with Crippen LogP contribution in [0.15, 0.2) is 6.07 Å². The molecule has 1 heterocycles. The van der Waals surface area contributed by atoms with Crippen molar-refractivity contribution < 1.29 is 4.74 Å². The van der Waals surface area contributed by atoms with Crippen LogP contribution < -0.4 is 10.1 Å². The summed E-state index contributed by atoms with van der Waals surface area (Å²) in [6.45, 7) is 7.78. The van der Waals surface area contributed by atoms with E-state index in [4.69, 9.17) is 4.74 Å². The molecule has 88 valence electrons. The van der Waals surface area contributed by atoms with Crippen LogP contribution in [0.25, 0.3) is 0 Å². The van der Waals surface area contributed by atoms with Crippen LogP contribution in [0.5, 0.6) is 5.88 Å². The van der Waals surface area contributed by atoms with E-state index in [1.165, 1.54) is 6.42 Å². The molecule has 0 aromatic carbocycles. The van der Waals surface area contributed by atoms with Crippen LogP contribution in [-0.2, 0) is 0 Å². The molecule has 1 aliphatic rings. The molecule has 16 heavy (non-hydrogen) atoms. The maximum absolute atomic E-state index is 5.38. The van der Waals surface area contributed by atoms with Crippen molar-refractivity contribution in [3.63, 3.8) is 0 Å². The van der Waals surface area contributed by atoms with Gasteiger partial charge in [0.25, 0.3) is 0 Å². The molecule has 2 atom stereocenters. The Morgan fingerprint density at radius 3 is 2.88 bits per heavy atom. The highest BCUT2D eigenvalue weighted by atomic mass is 16.5. The number of hydrogen-bond donors (Lipinski definition) is 1. The van der Waals surface area contributed by atoms with Gasteiger partial charge < -0.3 is 10.1 Å². The minimum Gasteiger partial charge on any atom is -0.478 e. The standard InChI is InChI=1S/C12H19N3O/c1-4-16-11-6-9(3)14-12(15-11)13-7-10-5-8(10)2/h6,8,10H,4-5,7H2,1-3H3,(H,13,14,15). The molecule has 0 radical (unpaired) electrons. The van der Waals surface area contributed by atoms with Crippen molar-refractivity contribution in [2.45, 2.75) is 27.2 Å². The average Bonchev–Trinajstić information content (AvgIpc) is 2.91. The van der Waals surface area contributed by atoms with Gasteiger partial charge in [0.15, 0.2) is 0 Å². The summed E-state index contributed by atoms with van der Waals surface area (Å²) >= 11 is 0. The quantitative estimate of drug-likeness (QED) is 0.828. The molecule has 4 nitrogen and oxygen atoms in total. The summed E-state index contributed by atoms with van der Waals surface area (Å²) in [6, 6.07) is 1.86. The summed E-state index contributed by atoms with van der Waals surface area (Å²) < 4.78 is 5.38. The van der Waals surface area contributed by atoms with E-state index < -0.39 is 0 Å². The van der Waals surface area contributed by atoms with Crippen molar-refractivity contribution in [3.05, 3.63) is 11.8 Å². The normalized spacial score (nSPS) is 22.9. The molecule has 1 aromatic rings. The third-order valence-electron chi connectivity index (χ3n) is 2.92. The van der Waals surface area contributed by atoms with E-state index in [1.807, 2.05) is 19.9 Å². The summed E-state index contributed by atoms with van der Waals surface area (Å²) in [4.78, 5) is 8.64. The first-order valence-corrected chi connectivity index (χ1v) is 5.91. The van der Waals surface area contributed by atoms with E-state index >= 15 is 0 Å². The number of nitrogens with zero attached hydrogens (tertiary/aromatic N) is 2. The first kappa shape index (κ1) is 11.2. The first-order chi connectivity index (χ1) is 7.69. The second-order valence-corrected chi connectivity index (χ2v) is 4.46. The Hall–Kier alpha value is -1.32. The lowest BCUT2D eigenvalue weighted by Gasteiger charge is -2.07. The van der Waals surface area contributed by atoms with Gasteiger partial charge in [-0.25, -0.2) is 4.98 Å². The molecule has 1 N–H and O–H groups in total. The summed E-state index contributed by atoms with van der Waals surface area (Å²) in [5.74, 6) is 2.98. The van der Waals surface area contributed by atoms with Crippen LogP contribution in [0.4, 0.5) is 5.95 Å². The van der Waals surface area contributed by atoms with E-state index in [2.05, 4.69) is 22.2 Å². The summed E-state index contributed by atoms with van der Waals surface area (Å²) in [5, 5.41) is 3.27. The lowest BCUT2D eigenvalue weighted by molar-refractivity contribution is 0.326. The maximum atomic E-state index is 5.38. The first-order valence-electron chi connectivity index (χ1n) is 5.91. The lowest BCUT2D eigenvalue weighted by Crippen LogP contribution is -2.09. The molecular weight excluding hydrogens is 202 g/mol. The van der Waals surface area contributed by atoms with Gasteiger partial charge in [0.2, 0.25) is 11.8 Å². The van der Waals surface area contributed by atoms with E-state index in [0.29, 0.717) is 18.4 Å². The molecule has 1 saturated carbocycles. The molecule has 0 amide bonds. The fourth-order valence-corrected chi connectivity index (χ4v) is 1.75. The van der Waals surface area contributed by atoms with Gasteiger partial charge in [-0.15, -0.1) is 0 Å². The van der Waals surface area contributed by atoms with Crippen molar-refractivity contribution in [3.8, 4) is 5.88 Å². The smallest absolute Gasteiger partial charge is 0.226 e. The molecular formula is C12H19N3O. The van der Waals surface area contributed by atoms with Crippen molar-refractivity contribution in [2.24, 2.45) is 11.8 Å². The van der Waals surface area contributed by atoms with Crippen molar-refractivity contribution in [1.29, 1.82) is 0 Å². The van der Waals surface area contributed by atoms with Gasteiger partial charge in [0.1, 0.15) is 0 Å². The summed E-state index contributed by atoms with van der Waals surface area (Å²) in [7, 11) is 0. The highest BCUT2D eigenvalue weighted by Gasteiger charge is 2.32. The Bertz CT molecular complexity index is 367. The number of aryl methyl sites for hydroxylation is 1. The molecule has 2 rings (SSSR count). The third kappa shape index (κ3) is 2.84. The SMILES string of the molecule is CCOc1cc(C)nc(NCC2CC2C)n1. The molecule has 0 aliphatic heterocycles. The van der Waals surface area contributed by atoms with Gasteiger partial charge in [-0.05, 0) is 32.1 Å². The monoisotopic (exact) mass is 221 g/mol. The summed E-state index contributed by atoms with van der Waals surface area (Å²) in [6.07, 6.45) is 1.32. The Morgan fingerprint density at radius 2 is 2.25 bits per heavy atom. The second kappa shape index (κ2) is 4.68. The van der Waals surface area contributed by atoms with Gasteiger partial charge in [0.05, 0.1) is 6.61 Å². The van der Waals surface area contributed by atoms with Gasteiger partial charge in [0, 0.05) is 18.3 Å². The minimum atomic E-state index is 0.634. The van der Waals surface area contributed by atoms with Gasteiger partial charge in [-0.3, -0.25) is 0 Å². The molecule has 1 aromatic heterocycles. The zero-order valence-electron chi connectivity index (χ0n) is 10.2. The van der Waals surface area contributed by atoms with E-state index in [-0.39, 0.29) is 0 Å². The van der Waals surface area contributed by atoms with Crippen molar-refractivity contribution in [2.75, 3.05) is 18.5 Å². The van der Waals surface area contributed by atoms with E-state index in [1.54, 1.807) is 0 Å². The van der Waals surface area contributed by atoms with Gasteiger partial charge in [-0.1, -0.05) is 6.92 Å². The van der Waals surface area contributed by atoms with Crippen LogP contribution in [0.1, 0.15) is 26.0 Å². The molecule has 1 fully saturated rings. The molecule has 2 unspecified atom stereocenters. The van der Waals surface area contributed by atoms with Crippen LogP contribution in [-0.4, -0.2) is 23.1 Å². The highest BCUT2D eigenvalue weighted by molar-refractivity contribution is 5.30. The topological polar surface area (TPSA) is 47.0 Å². The van der Waals surface area contributed by atoms with Crippen LogP contribution in [0, 0.1) is 18.8 Å². The number of aromatic nitrogens is 2. The number of hydrogen-bond acceptors (Lipinski definition) is 4. The van der Waals surface area contributed by atoms with Crippen LogP contribution >= 0.6 is 0 Å². The molecule has 0 spiro atoms. The Labute approximate surface area is 96.4 Å². The summed E-state index contributed by atoms with van der Waals surface area (Å²) in [5.41, 5.74) is 0.935. The zero-order valence-corrected chi connectivity index (χ0v) is 10.2. The van der Waals surface area contributed by atoms with Crippen molar-refractivity contribution >= 4 is 5.95 Å². The Morgan fingerprint density at radius 1 is 1.50 bits per heavy atom. The van der Waals surface area contributed by atoms with Crippen molar-refractivity contribution in [1.82, 2.24) is 9.97 Å². The fraction of sp³-hybridized carbons (Fsp3) is 0.667. The van der Waals surface area contributed by atoms with Crippen LogP contribution in [0.2, 0.25) is 0 Å². The fourth-order valence-electron chi connectivity index (χ4n) is 1.75. The predicted octanol–water partition coefficient (Wildman–Crippen LogP) is 2.25. The van der Waals surface area contributed by atoms with Gasteiger partial charge in [-0.2, -0.15) is 4.98 Å². The number of anilines is 1. The lowest BCUT2D eigenvalue weighted by atomic mass is 10.3. The number of nitrogens with one attached hydrogen (secondary N) is 1.